The molecule has 4 saturated heterocycles. The number of fused-ring (bicyclic) bond motifs is 16. The van der Waals surface area contributed by atoms with Gasteiger partial charge in [0.25, 0.3) is 0 Å². The van der Waals surface area contributed by atoms with Gasteiger partial charge < -0.3 is 96.7 Å². The third-order valence-electron chi connectivity index (χ3n) is 28.4. The quantitative estimate of drug-likeness (QED) is 0.0211. The van der Waals surface area contributed by atoms with Crippen LogP contribution in [0, 0.1) is 45.1 Å². The number of nitrogens with zero attached hydrogens (tertiary/aromatic N) is 2. The fraction of sp³-hybridized carbons (Fsp3) is 0.580. The van der Waals surface area contributed by atoms with Gasteiger partial charge >= 0.3 is 48.0 Å². The molecule has 14 rings (SSSR count). The van der Waals surface area contributed by atoms with Crippen LogP contribution in [-0.4, -0.2) is 221 Å². The number of aliphatic hydroxyl groups excluding tert-OH is 1. The normalized spacial score (nSPS) is 32.4. The van der Waals surface area contributed by atoms with Crippen molar-refractivity contribution >= 4 is 56.3 Å². The van der Waals surface area contributed by atoms with Crippen molar-refractivity contribution in [3.05, 3.63) is 203 Å². The number of nitrogens with one attached hydrogen (secondary N) is 2. The zero-order valence-electron chi connectivity index (χ0n) is 80.1. The second-order valence-corrected chi connectivity index (χ2v) is 46.0. The molecule has 2 amide bonds. The molecule has 4 bridgehead atoms. The first-order valence-corrected chi connectivity index (χ1v) is 47.4. The highest BCUT2D eigenvalue weighted by molar-refractivity contribution is 6.77. The van der Waals surface area contributed by atoms with Gasteiger partial charge in [-0.3, -0.25) is 19.6 Å². The lowest BCUT2D eigenvalue weighted by Gasteiger charge is -2.66. The Morgan fingerprint density at radius 3 is 1.34 bits per heavy atom. The molecule has 10 aliphatic rings. The maximum Gasteiger partial charge on any atom is 0.408 e. The molecule has 133 heavy (non-hydrogen) atoms. The summed E-state index contributed by atoms with van der Waals surface area (Å²) in [5, 5.41) is 43.7. The van der Waals surface area contributed by atoms with Crippen LogP contribution in [0.15, 0.2) is 169 Å². The van der Waals surface area contributed by atoms with Gasteiger partial charge in [0.15, 0.2) is 36.0 Å². The number of halogens is 2. The van der Waals surface area contributed by atoms with Crippen LogP contribution in [0.25, 0.3) is 0 Å². The van der Waals surface area contributed by atoms with Crippen molar-refractivity contribution in [1.82, 2.24) is 20.6 Å². The highest BCUT2D eigenvalue weighted by Crippen LogP contribution is 2.68. The van der Waals surface area contributed by atoms with Crippen LogP contribution in [0.4, 0.5) is 18.4 Å². The minimum atomic E-state index is -3.14. The standard InChI is InChI=1S/C54H73FN2O13Si.C40H44FNO11.C6H13NO2/c1-16-38-65-42-39-32(8)36(64-48(60)43(70-71(29(2)3,30(4)5)31(6)7)41(40-35(55)23-20-26-56-40)57-49(61)69-50(10,11)12)27-54(62,51(39,13)14)46(67-47(59)34-21-18-17-19-22-34)44-52(15,45(42)66-38)25-24-37-53(44,28-63-37)68-33(9)58;1-7-29-50-31-30-21(2)27(49-36(46)26(44)18-25-24(41)14-11-17-42-25)19-40(47,37(30,4)5)34(52-35(45)23-12-9-8-10-13-23)32-38(6,33(31)51-29)16-15-28-39(32,20-48-28)53-22(3)43;1-6(2,3)9-5(8)7-4/h16-26,29-31,36-38,41-46,62H,1,27-28H2,2-15H3,(H,57,61);7-17,26-29,31-34,44,47H,1,18-20H2,2-6H3;1-4H3,(H,7,8)/t36-,37+,38+,41-,42+,43+,44-,45+,46-,52+,53-,54+;26-,27+,28-,29-,31-,32+,33-,34+,38-,39+,40-;/m01./s1. The van der Waals surface area contributed by atoms with E-state index in [1.54, 1.807) is 121 Å². The predicted octanol–water partition coefficient (Wildman–Crippen LogP) is 14.2. The summed E-state index contributed by atoms with van der Waals surface area (Å²) in [5.41, 5.74) is -11.7. The molecular weight excluding hydrogens is 1740 g/mol. The minimum absolute atomic E-state index is 0.0721. The Hall–Kier alpha value is -9.78. The van der Waals surface area contributed by atoms with Crippen molar-refractivity contribution in [3.63, 3.8) is 0 Å². The Balaban J connectivity index is 0.000000226. The molecule has 6 fully saturated rings. The number of esters is 6. The Morgan fingerprint density at radius 1 is 0.571 bits per heavy atom. The highest BCUT2D eigenvalue weighted by Gasteiger charge is 2.79. The van der Waals surface area contributed by atoms with Crippen LogP contribution >= 0.6 is 0 Å². The van der Waals surface area contributed by atoms with Crippen LogP contribution in [0.2, 0.25) is 16.6 Å². The largest absolute Gasteiger partial charge is 0.456 e. The number of hydrogen-bond donors (Lipinski definition) is 5. The van der Waals surface area contributed by atoms with Gasteiger partial charge in [0.05, 0.1) is 41.9 Å². The van der Waals surface area contributed by atoms with Gasteiger partial charge in [0.2, 0.25) is 8.32 Å². The van der Waals surface area contributed by atoms with Gasteiger partial charge in [0, 0.05) is 74.2 Å². The van der Waals surface area contributed by atoms with E-state index in [2.05, 4.69) is 33.8 Å². The number of aliphatic hydroxyl groups is 3. The first-order chi connectivity index (χ1) is 62.1. The van der Waals surface area contributed by atoms with E-state index in [0.717, 1.165) is 0 Å². The van der Waals surface area contributed by atoms with E-state index >= 15 is 9.18 Å². The summed E-state index contributed by atoms with van der Waals surface area (Å²) in [6, 6.07) is 20.2. The van der Waals surface area contributed by atoms with Crippen LogP contribution in [-0.2, 0) is 96.3 Å². The number of aromatic nitrogens is 2. The lowest BCUT2D eigenvalue weighted by atomic mass is 9.46. The topological polar surface area (TPSA) is 386 Å². The third kappa shape index (κ3) is 19.0. The van der Waals surface area contributed by atoms with Crippen molar-refractivity contribution in [3.8, 4) is 0 Å². The monoisotopic (exact) mass is 1870 g/mol. The van der Waals surface area contributed by atoms with E-state index in [4.69, 9.17) is 70.7 Å². The summed E-state index contributed by atoms with van der Waals surface area (Å²) < 4.78 is 126. The van der Waals surface area contributed by atoms with Gasteiger partial charge in [0.1, 0.15) is 107 Å². The Morgan fingerprint density at radius 2 is 0.977 bits per heavy atom. The first-order valence-electron chi connectivity index (χ1n) is 45.3. The van der Waals surface area contributed by atoms with Crippen LogP contribution in [0.5, 0.6) is 0 Å². The first kappa shape index (κ1) is 102. The Labute approximate surface area is 777 Å². The predicted molar refractivity (Wildman–Crippen MR) is 482 cm³/mol. The van der Waals surface area contributed by atoms with Gasteiger partial charge in [-0.1, -0.05) is 157 Å². The molecule has 2 saturated carbocycles. The average molecular weight is 1870 g/mol. The van der Waals surface area contributed by atoms with Crippen molar-refractivity contribution in [2.45, 2.75) is 314 Å². The molecule has 33 heteroatoms. The third-order valence-corrected chi connectivity index (χ3v) is 34.5. The maximum absolute atomic E-state index is 16.2. The van der Waals surface area contributed by atoms with E-state index in [9.17, 15) is 53.3 Å². The summed E-state index contributed by atoms with van der Waals surface area (Å²) >= 11 is 0. The second kappa shape index (κ2) is 38.4. The molecule has 2 aromatic carbocycles. The molecule has 0 unspecified atom stereocenters. The van der Waals surface area contributed by atoms with Crippen molar-refractivity contribution in [1.29, 1.82) is 0 Å². The number of carbonyl (C=O) groups excluding carboxylic acids is 8. The fourth-order valence-corrected chi connectivity index (χ4v) is 27.8. The SMILES string of the molecule is C=C[C@@H]1O[C@@H]2C3=C(C)[C@@H](OC(=O)[C@H](O)Cc4ncccc4F)C[C@@](O)([C@@H](OC(=O)c4ccccc4)[C@H]4[C@@](C)(C=C[C@H]5OC[C@]54OC(C)=O)[C@@H]2O1)C3(C)C.C=C[C@@H]1O[C@@H]2C3=C(C)[C@@H](OC(=O)[C@H](O[Si](C(C)C)(C(C)C)C(C)C)[C@@H](NC(=O)OC(C)(C)C)c4ncccc4F)C[C@@](O)([C@@H](OC(=O)c4ccccc4)[C@H]4[C@@](C)(C=C[C@H]5OC[C@]54OC(C)=O)[C@@H]2O1)C3(C)C.CNC(=O)OC(C)(C)C. The molecule has 23 atom stereocenters. The molecule has 724 valence electrons. The van der Waals surface area contributed by atoms with Crippen LogP contribution in [0.1, 0.15) is 203 Å². The van der Waals surface area contributed by atoms with Crippen LogP contribution in [0.3, 0.4) is 0 Å². The van der Waals surface area contributed by atoms with E-state index in [0.29, 0.717) is 22.3 Å². The lowest BCUT2D eigenvalue weighted by molar-refractivity contribution is -0.316. The summed E-state index contributed by atoms with van der Waals surface area (Å²) in [5.74, 6) is -8.39. The van der Waals surface area contributed by atoms with Gasteiger partial charge in [-0.05, 0) is 155 Å². The zero-order chi connectivity index (χ0) is 98.0. The molecule has 0 spiro atoms. The minimum Gasteiger partial charge on any atom is -0.456 e. The summed E-state index contributed by atoms with van der Waals surface area (Å²) in [7, 11) is -1.60. The van der Waals surface area contributed by atoms with Crippen molar-refractivity contribution < 1.29 is 133 Å². The van der Waals surface area contributed by atoms with E-state index in [-0.39, 0.29) is 76.9 Å². The van der Waals surface area contributed by atoms with E-state index in [1.807, 2.05) is 102 Å². The number of hydrogen-bond acceptors (Lipinski definition) is 28. The molecule has 6 aliphatic carbocycles. The highest BCUT2D eigenvalue weighted by atomic mass is 28.4. The number of pyridine rings is 2. The fourth-order valence-electron chi connectivity index (χ4n) is 22.3. The van der Waals surface area contributed by atoms with E-state index < -0.39 is 222 Å². The van der Waals surface area contributed by atoms with Gasteiger partial charge in [-0.25, -0.2) is 37.5 Å². The van der Waals surface area contributed by atoms with E-state index in [1.165, 1.54) is 69.7 Å². The lowest BCUT2D eigenvalue weighted by Crippen LogP contribution is -2.78. The molecular formula is C100H130F2N4O26Si. The average Bonchev–Trinajstić information content (AvgIpc) is 1.66. The Bertz CT molecular complexity index is 5160. The van der Waals surface area contributed by atoms with Crippen molar-refractivity contribution in [2.24, 2.45) is 33.5 Å². The molecule has 30 nitrogen and oxygen atoms in total. The molecule has 0 radical (unpaired) electrons. The van der Waals surface area contributed by atoms with Crippen LogP contribution < -0.4 is 10.6 Å². The number of benzene rings is 2. The Kier molecular flexibility index (Phi) is 29.5. The number of amides is 2. The smallest absolute Gasteiger partial charge is 0.408 e. The maximum atomic E-state index is 16.2. The number of alkyl carbamates (subject to hydrolysis) is 2. The van der Waals surface area contributed by atoms with Gasteiger partial charge in [-0.15, -0.1) is 0 Å². The molecule has 4 aliphatic heterocycles. The zero-order valence-corrected chi connectivity index (χ0v) is 81.1. The molecule has 2 aromatic heterocycles. The number of ether oxygens (including phenoxy) is 14. The summed E-state index contributed by atoms with van der Waals surface area (Å²) in [6.07, 6.45) is -5.33. The second-order valence-electron chi connectivity index (χ2n) is 40.6. The number of rotatable bonds is 22. The molecule has 4 aromatic rings. The summed E-state index contributed by atoms with van der Waals surface area (Å²) in [6.45, 7) is 47.4. The van der Waals surface area contributed by atoms with Gasteiger partial charge in [-0.2, -0.15) is 0 Å². The molecule has 5 N–H and O–H groups in total. The number of carbonyl (C=O) groups is 8. The van der Waals surface area contributed by atoms with Crippen molar-refractivity contribution in [2.75, 3.05) is 20.3 Å². The summed E-state index contributed by atoms with van der Waals surface area (Å²) in [4.78, 5) is 117. The molecule has 6 heterocycles.